The van der Waals surface area contributed by atoms with E-state index < -0.39 is 0 Å². The third-order valence-electron chi connectivity index (χ3n) is 1.54. The van der Waals surface area contributed by atoms with Gasteiger partial charge >= 0.3 is 87.9 Å². The maximum atomic E-state index is 10.2. The van der Waals surface area contributed by atoms with Gasteiger partial charge in [-0.3, -0.25) is 0 Å². The molecular formula is C8H8N2O3Se. The van der Waals surface area contributed by atoms with Gasteiger partial charge in [0, 0.05) is 0 Å². The van der Waals surface area contributed by atoms with Crippen LogP contribution in [0.3, 0.4) is 0 Å². The third-order valence-corrected chi connectivity index (χ3v) is 2.32. The number of phenolic OH excluding ortho intramolecular Hbond substituents is 1. The molecule has 0 radical (unpaired) electrons. The fraction of sp³-hybridized carbons (Fsp3) is 0. The molecule has 0 aromatic heterocycles. The molecule has 0 fully saturated rings. The van der Waals surface area contributed by atoms with Crippen molar-refractivity contribution in [1.82, 2.24) is 0 Å². The van der Waals surface area contributed by atoms with E-state index in [1.807, 2.05) is 0 Å². The summed E-state index contributed by atoms with van der Waals surface area (Å²) in [5.41, 5.74) is 0.779. The van der Waals surface area contributed by atoms with Crippen LogP contribution in [0.1, 0.15) is 0 Å². The van der Waals surface area contributed by atoms with E-state index in [1.165, 1.54) is 12.1 Å². The van der Waals surface area contributed by atoms with E-state index >= 15 is 0 Å². The van der Waals surface area contributed by atoms with Gasteiger partial charge in [0.2, 0.25) is 0 Å². The summed E-state index contributed by atoms with van der Waals surface area (Å²) in [6, 6.07) is 2.89. The Hall–Kier alpha value is -1.52. The van der Waals surface area contributed by atoms with Crippen molar-refractivity contribution < 1.29 is 14.7 Å². The van der Waals surface area contributed by atoms with Gasteiger partial charge in [0.05, 0.1) is 0 Å². The molecule has 0 atom stereocenters. The van der Waals surface area contributed by atoms with Crippen LogP contribution in [0.25, 0.3) is 0 Å². The molecule has 3 N–H and O–H groups in total. The molecular weight excluding hydrogens is 251 g/mol. The number of rotatable bonds is 4. The molecule has 5 nitrogen and oxygen atoms in total. The number of benzene rings is 1. The van der Waals surface area contributed by atoms with Crippen LogP contribution >= 0.6 is 0 Å². The van der Waals surface area contributed by atoms with E-state index in [1.54, 1.807) is 0 Å². The molecule has 0 spiro atoms. The van der Waals surface area contributed by atoms with Crippen LogP contribution in [0.4, 0.5) is 11.4 Å². The number of amides is 2. The van der Waals surface area contributed by atoms with Crippen LogP contribution in [-0.2, 0) is 9.59 Å². The predicted molar refractivity (Wildman–Crippen MR) is 54.3 cm³/mol. The second-order valence-electron chi connectivity index (χ2n) is 2.41. The van der Waals surface area contributed by atoms with E-state index in [2.05, 4.69) is 26.6 Å². The van der Waals surface area contributed by atoms with Crippen molar-refractivity contribution in [2.24, 2.45) is 0 Å². The van der Waals surface area contributed by atoms with Crippen molar-refractivity contribution in [2.45, 2.75) is 0 Å². The van der Waals surface area contributed by atoms with Crippen LogP contribution in [0, 0.1) is 0 Å². The standard InChI is InChI=1S/C8H8N2O3Se/c11-3-9-5-2-8(14)6(10-4-12)1-7(5)13/h1-4,13-14H,(H,9,11)(H,10,12). The van der Waals surface area contributed by atoms with Gasteiger partial charge in [0.1, 0.15) is 0 Å². The summed E-state index contributed by atoms with van der Waals surface area (Å²) in [6.07, 6.45) is 0.979. The van der Waals surface area contributed by atoms with Crippen molar-refractivity contribution >= 4 is 44.7 Å². The summed E-state index contributed by atoms with van der Waals surface area (Å²) >= 11 is 2.22. The van der Waals surface area contributed by atoms with Gasteiger partial charge in [0.25, 0.3) is 0 Å². The molecule has 0 aliphatic rings. The van der Waals surface area contributed by atoms with Crippen LogP contribution in [0.2, 0.25) is 0 Å². The third kappa shape index (κ3) is 2.25. The van der Waals surface area contributed by atoms with Crippen molar-refractivity contribution in [3.8, 4) is 5.75 Å². The SMILES string of the molecule is O=CNc1cc([SeH])c(NC=O)cc1O. The first-order valence-electron chi connectivity index (χ1n) is 3.65. The molecule has 0 unspecified atom stereocenters. The van der Waals surface area contributed by atoms with E-state index in [0.29, 0.717) is 28.7 Å². The molecule has 0 aliphatic carbocycles. The molecule has 0 saturated heterocycles. The van der Waals surface area contributed by atoms with E-state index in [9.17, 15) is 14.7 Å². The molecule has 1 rings (SSSR count). The van der Waals surface area contributed by atoms with Gasteiger partial charge in [-0.1, -0.05) is 0 Å². The van der Waals surface area contributed by atoms with Crippen molar-refractivity contribution in [1.29, 1.82) is 0 Å². The summed E-state index contributed by atoms with van der Waals surface area (Å²) in [5, 5.41) is 14.1. The number of aromatic hydroxyl groups is 1. The van der Waals surface area contributed by atoms with Gasteiger partial charge in [-0.2, -0.15) is 0 Å². The Kier molecular flexibility index (Phi) is 3.50. The zero-order valence-electron chi connectivity index (χ0n) is 7.02. The average molecular weight is 259 g/mol. The Morgan fingerprint density at radius 2 is 1.71 bits per heavy atom. The van der Waals surface area contributed by atoms with Crippen LogP contribution in [-0.4, -0.2) is 33.9 Å². The molecule has 0 heterocycles. The van der Waals surface area contributed by atoms with Crippen LogP contribution in [0.15, 0.2) is 12.1 Å². The molecule has 1 aromatic rings. The minimum atomic E-state index is -0.101. The molecule has 14 heavy (non-hydrogen) atoms. The summed E-state index contributed by atoms with van der Waals surface area (Å²) in [6.45, 7) is 0. The molecule has 0 aliphatic heterocycles. The van der Waals surface area contributed by atoms with Gasteiger partial charge in [0.15, 0.2) is 0 Å². The number of phenols is 1. The molecule has 6 heteroatoms. The Bertz CT molecular complexity index is 332. The summed E-state index contributed by atoms with van der Waals surface area (Å²) in [7, 11) is 0. The number of hydrogen-bond acceptors (Lipinski definition) is 3. The normalized spacial score (nSPS) is 9.21. The molecule has 0 saturated carbocycles. The number of nitrogens with one attached hydrogen (secondary N) is 2. The van der Waals surface area contributed by atoms with Crippen molar-refractivity contribution in [3.05, 3.63) is 12.1 Å². The number of hydrogen-bond donors (Lipinski definition) is 3. The zero-order chi connectivity index (χ0) is 10.6. The number of anilines is 2. The first-order chi connectivity index (χ1) is 6.69. The Morgan fingerprint density at radius 3 is 2.29 bits per heavy atom. The maximum absolute atomic E-state index is 10.2. The van der Waals surface area contributed by atoms with Crippen molar-refractivity contribution in [2.75, 3.05) is 10.6 Å². The fourth-order valence-electron chi connectivity index (χ4n) is 0.935. The quantitative estimate of drug-likeness (QED) is 0.371. The fourth-order valence-corrected chi connectivity index (χ4v) is 1.48. The minimum absolute atomic E-state index is 0.101. The Balaban J connectivity index is 3.09. The molecule has 0 bridgehead atoms. The van der Waals surface area contributed by atoms with Gasteiger partial charge < -0.3 is 0 Å². The summed E-state index contributed by atoms with van der Waals surface area (Å²) < 4.78 is 0.687. The molecule has 1 aromatic carbocycles. The summed E-state index contributed by atoms with van der Waals surface area (Å²) in [4.78, 5) is 20.3. The monoisotopic (exact) mass is 260 g/mol. The van der Waals surface area contributed by atoms with Gasteiger partial charge in [-0.15, -0.1) is 0 Å². The topological polar surface area (TPSA) is 78.4 Å². The van der Waals surface area contributed by atoms with E-state index in [4.69, 9.17) is 0 Å². The molecule has 2 amide bonds. The van der Waals surface area contributed by atoms with E-state index in [0.717, 1.165) is 0 Å². The first kappa shape index (κ1) is 10.6. The van der Waals surface area contributed by atoms with Gasteiger partial charge in [-0.25, -0.2) is 0 Å². The van der Waals surface area contributed by atoms with Crippen LogP contribution < -0.4 is 15.1 Å². The van der Waals surface area contributed by atoms with E-state index in [-0.39, 0.29) is 5.75 Å². The average Bonchev–Trinajstić information content (AvgIpc) is 2.14. The number of carbonyl (C=O) groups excluding carboxylic acids is 2. The Labute approximate surface area is 88.3 Å². The Morgan fingerprint density at radius 1 is 1.14 bits per heavy atom. The summed E-state index contributed by atoms with van der Waals surface area (Å²) in [5.74, 6) is -0.101. The van der Waals surface area contributed by atoms with Crippen molar-refractivity contribution in [3.63, 3.8) is 0 Å². The number of carbonyl (C=O) groups is 2. The second-order valence-corrected chi connectivity index (χ2v) is 3.42. The van der Waals surface area contributed by atoms with Gasteiger partial charge in [-0.05, 0) is 0 Å². The second kappa shape index (κ2) is 4.64. The predicted octanol–water partition coefficient (Wildman–Crippen LogP) is -0.945. The first-order valence-corrected chi connectivity index (χ1v) is 4.59. The zero-order valence-corrected chi connectivity index (χ0v) is 8.90. The molecule has 74 valence electrons. The van der Waals surface area contributed by atoms with Crippen LogP contribution in [0.5, 0.6) is 5.75 Å².